The summed E-state index contributed by atoms with van der Waals surface area (Å²) in [5.74, 6) is -3.08. The number of amides is 1. The minimum atomic E-state index is -1.65. The maximum Gasteiger partial charge on any atom is 0.313 e. The summed E-state index contributed by atoms with van der Waals surface area (Å²) in [7, 11) is 0. The lowest BCUT2D eigenvalue weighted by Crippen LogP contribution is -2.58. The molecule has 2 atom stereocenters. The monoisotopic (exact) mass is 593 g/mol. The van der Waals surface area contributed by atoms with E-state index >= 15 is 0 Å². The normalized spacial score (nSPS) is 12.5. The summed E-state index contributed by atoms with van der Waals surface area (Å²) < 4.78 is 5.47. The maximum atomic E-state index is 13.3. The van der Waals surface area contributed by atoms with E-state index in [0.717, 1.165) is 0 Å². The van der Waals surface area contributed by atoms with Crippen LogP contribution in [0, 0.1) is 0 Å². The lowest BCUT2D eigenvalue weighted by Gasteiger charge is -2.32. The van der Waals surface area contributed by atoms with Gasteiger partial charge < -0.3 is 20.3 Å². The summed E-state index contributed by atoms with van der Waals surface area (Å²) in [6, 6.07) is 31.0. The number of ketones is 2. The molecule has 226 valence electrons. The van der Waals surface area contributed by atoms with E-state index in [0.29, 0.717) is 33.4 Å². The predicted molar refractivity (Wildman–Crippen MR) is 165 cm³/mol. The summed E-state index contributed by atoms with van der Waals surface area (Å²) in [6.45, 7) is 1.38. The van der Waals surface area contributed by atoms with E-state index in [9.17, 15) is 29.4 Å². The first-order valence-electron chi connectivity index (χ1n) is 14.3. The van der Waals surface area contributed by atoms with E-state index in [1.54, 1.807) is 111 Å². The fourth-order valence-corrected chi connectivity index (χ4v) is 4.66. The van der Waals surface area contributed by atoms with Crippen LogP contribution in [-0.2, 0) is 14.3 Å². The highest BCUT2D eigenvalue weighted by Crippen LogP contribution is 2.23. The highest BCUT2D eigenvalue weighted by Gasteiger charge is 2.35. The number of aliphatic hydroxyl groups is 2. The number of hydrogen-bond acceptors (Lipinski definition) is 7. The number of benzene rings is 4. The molecule has 0 aliphatic carbocycles. The summed E-state index contributed by atoms with van der Waals surface area (Å²) in [5.41, 5.74) is 1.35. The van der Waals surface area contributed by atoms with E-state index in [1.807, 2.05) is 12.1 Å². The van der Waals surface area contributed by atoms with Crippen LogP contribution < -0.4 is 5.32 Å². The van der Waals surface area contributed by atoms with Gasteiger partial charge in [0.1, 0.15) is 12.1 Å². The van der Waals surface area contributed by atoms with Gasteiger partial charge in [-0.1, -0.05) is 97.1 Å². The van der Waals surface area contributed by atoms with Crippen LogP contribution in [0.5, 0.6) is 0 Å². The van der Waals surface area contributed by atoms with Crippen molar-refractivity contribution in [3.8, 4) is 0 Å². The van der Waals surface area contributed by atoms with Gasteiger partial charge in [-0.3, -0.25) is 19.2 Å². The predicted octanol–water partition coefficient (Wildman–Crippen LogP) is 4.44. The Morgan fingerprint density at radius 2 is 1.07 bits per heavy atom. The molecule has 0 saturated carbocycles. The molecule has 8 heteroatoms. The molecule has 0 radical (unpaired) electrons. The van der Waals surface area contributed by atoms with Crippen LogP contribution in [0.1, 0.15) is 68.7 Å². The van der Waals surface area contributed by atoms with Crippen molar-refractivity contribution in [1.82, 2.24) is 5.32 Å². The number of rotatable bonds is 13. The Morgan fingerprint density at radius 3 is 1.52 bits per heavy atom. The van der Waals surface area contributed by atoms with Crippen LogP contribution in [0.15, 0.2) is 109 Å². The number of aliphatic hydroxyl groups excluding tert-OH is 2. The van der Waals surface area contributed by atoms with Crippen molar-refractivity contribution >= 4 is 23.4 Å². The molecule has 0 spiro atoms. The van der Waals surface area contributed by atoms with Crippen molar-refractivity contribution in [2.75, 3.05) is 19.8 Å². The fourth-order valence-electron chi connectivity index (χ4n) is 4.66. The zero-order valence-corrected chi connectivity index (χ0v) is 24.6. The number of carbonyl (C=O) groups is 4. The molecule has 3 N–H and O–H groups in total. The molecule has 0 aromatic heterocycles. The maximum absolute atomic E-state index is 13.3. The van der Waals surface area contributed by atoms with Gasteiger partial charge in [0.2, 0.25) is 5.91 Å². The molecule has 4 aromatic carbocycles. The Hall–Kier alpha value is -4.92. The molecular formula is C36H35NO7. The van der Waals surface area contributed by atoms with Gasteiger partial charge in [0.25, 0.3) is 0 Å². The van der Waals surface area contributed by atoms with E-state index in [2.05, 4.69) is 5.32 Å². The molecule has 1 amide bonds. The quantitative estimate of drug-likeness (QED) is 0.154. The smallest absolute Gasteiger partial charge is 0.313 e. The van der Waals surface area contributed by atoms with Gasteiger partial charge in [-0.15, -0.1) is 0 Å². The molecule has 4 rings (SSSR count). The molecule has 0 bridgehead atoms. The van der Waals surface area contributed by atoms with Gasteiger partial charge in [-0.05, 0) is 37.1 Å². The van der Waals surface area contributed by atoms with Crippen LogP contribution in [0.3, 0.4) is 0 Å². The minimum Gasteiger partial charge on any atom is -0.463 e. The molecule has 0 aliphatic heterocycles. The lowest BCUT2D eigenvalue weighted by molar-refractivity contribution is -0.150. The SMILES string of the molecule is CC(C(=O)NC(CO)(CO)COC(=O)C(C)c1cccc(C(=O)c2ccccc2)c1)c1cccc(C(=O)c2ccccc2)c1. The molecule has 0 saturated heterocycles. The van der Waals surface area contributed by atoms with Crippen molar-refractivity contribution in [1.29, 1.82) is 0 Å². The average Bonchev–Trinajstić information content (AvgIpc) is 3.09. The van der Waals surface area contributed by atoms with Gasteiger partial charge >= 0.3 is 5.97 Å². The molecule has 4 aromatic rings. The van der Waals surface area contributed by atoms with E-state index in [1.165, 1.54) is 0 Å². The minimum absolute atomic E-state index is 0.181. The largest absolute Gasteiger partial charge is 0.463 e. The number of carbonyl (C=O) groups excluding carboxylic acids is 4. The number of hydrogen-bond donors (Lipinski definition) is 3. The van der Waals surface area contributed by atoms with Crippen molar-refractivity contribution in [3.63, 3.8) is 0 Å². The molecule has 0 fully saturated rings. The highest BCUT2D eigenvalue weighted by molar-refractivity contribution is 6.09. The van der Waals surface area contributed by atoms with Crippen molar-refractivity contribution in [3.05, 3.63) is 143 Å². The van der Waals surface area contributed by atoms with E-state index in [4.69, 9.17) is 4.74 Å². The summed E-state index contributed by atoms with van der Waals surface area (Å²) in [4.78, 5) is 52.1. The topological polar surface area (TPSA) is 130 Å². The molecule has 2 unspecified atom stereocenters. The third-order valence-electron chi connectivity index (χ3n) is 7.60. The van der Waals surface area contributed by atoms with Crippen molar-refractivity contribution in [2.45, 2.75) is 31.2 Å². The Morgan fingerprint density at radius 1 is 0.636 bits per heavy atom. The fraction of sp³-hybridized carbons (Fsp3) is 0.222. The van der Waals surface area contributed by atoms with Crippen LogP contribution in [0.2, 0.25) is 0 Å². The first-order chi connectivity index (χ1) is 21.2. The average molecular weight is 594 g/mol. The van der Waals surface area contributed by atoms with E-state index < -0.39 is 49.1 Å². The van der Waals surface area contributed by atoms with Crippen LogP contribution >= 0.6 is 0 Å². The second-order valence-corrected chi connectivity index (χ2v) is 10.8. The Labute approximate surface area is 256 Å². The second-order valence-electron chi connectivity index (χ2n) is 10.8. The van der Waals surface area contributed by atoms with Gasteiger partial charge in [-0.2, -0.15) is 0 Å². The van der Waals surface area contributed by atoms with Crippen molar-refractivity contribution in [2.24, 2.45) is 0 Å². The van der Waals surface area contributed by atoms with Gasteiger partial charge in [0.15, 0.2) is 11.6 Å². The molecule has 8 nitrogen and oxygen atoms in total. The van der Waals surface area contributed by atoms with Crippen LogP contribution in [-0.4, -0.2) is 59.0 Å². The number of nitrogens with one attached hydrogen (secondary N) is 1. The zero-order chi connectivity index (χ0) is 31.7. The number of esters is 1. The third-order valence-corrected chi connectivity index (χ3v) is 7.60. The zero-order valence-electron chi connectivity index (χ0n) is 24.6. The van der Waals surface area contributed by atoms with Gasteiger partial charge in [-0.25, -0.2) is 0 Å². The molecular weight excluding hydrogens is 558 g/mol. The summed E-state index contributed by atoms with van der Waals surface area (Å²) >= 11 is 0. The Kier molecular flexibility index (Phi) is 10.6. The molecule has 0 heterocycles. The molecule has 44 heavy (non-hydrogen) atoms. The third kappa shape index (κ3) is 7.53. The van der Waals surface area contributed by atoms with Crippen LogP contribution in [0.4, 0.5) is 0 Å². The van der Waals surface area contributed by atoms with Crippen LogP contribution in [0.25, 0.3) is 0 Å². The summed E-state index contributed by atoms with van der Waals surface area (Å²) in [5, 5.41) is 22.9. The lowest BCUT2D eigenvalue weighted by atomic mass is 9.93. The van der Waals surface area contributed by atoms with Crippen molar-refractivity contribution < 1.29 is 34.1 Å². The Bertz CT molecular complexity index is 1610. The first-order valence-corrected chi connectivity index (χ1v) is 14.3. The highest BCUT2D eigenvalue weighted by atomic mass is 16.5. The summed E-state index contributed by atoms with van der Waals surface area (Å²) in [6.07, 6.45) is 0. The first kappa shape index (κ1) is 32.0. The van der Waals surface area contributed by atoms with Gasteiger partial charge in [0, 0.05) is 22.3 Å². The number of ether oxygens (including phenoxy) is 1. The molecule has 0 aliphatic rings. The second kappa shape index (κ2) is 14.5. The Balaban J connectivity index is 1.42. The van der Waals surface area contributed by atoms with Gasteiger partial charge in [0.05, 0.1) is 25.0 Å². The standard InChI is InChI=1S/C36H35NO7/c1-24(28-15-9-17-30(19-28)32(40)26-11-5-3-6-12-26)34(42)37-36(21-38,22-39)23-44-35(43)25(2)29-16-10-18-31(20-29)33(41)27-13-7-4-8-14-27/h3-20,24-25,38-39H,21-23H2,1-2H3,(H,37,42). The van der Waals surface area contributed by atoms with E-state index in [-0.39, 0.29) is 11.6 Å².